The quantitative estimate of drug-likeness (QED) is 0.922. The molecule has 1 aliphatic heterocycles. The first-order valence-corrected chi connectivity index (χ1v) is 9.18. The Labute approximate surface area is 134 Å². The normalized spacial score (nSPS) is 17.4. The van der Waals surface area contributed by atoms with Crippen LogP contribution in [0.5, 0.6) is 0 Å². The molecule has 0 spiro atoms. The number of hydrogen-bond donors (Lipinski definition) is 1. The van der Waals surface area contributed by atoms with Crippen molar-refractivity contribution in [3.05, 3.63) is 22.4 Å². The summed E-state index contributed by atoms with van der Waals surface area (Å²) in [6.45, 7) is 7.11. The third-order valence-corrected chi connectivity index (χ3v) is 5.88. The van der Waals surface area contributed by atoms with Crippen LogP contribution in [0, 0.1) is 0 Å². The van der Waals surface area contributed by atoms with Crippen LogP contribution in [0.15, 0.2) is 17.5 Å². The fraction of sp³-hybridized carbons (Fsp3) is 0.600. The van der Waals surface area contributed by atoms with Crippen molar-refractivity contribution in [3.8, 4) is 0 Å². The summed E-state index contributed by atoms with van der Waals surface area (Å²) < 4.78 is 0. The molecule has 2 heterocycles. The van der Waals surface area contributed by atoms with Crippen LogP contribution in [0.1, 0.15) is 25.6 Å². The molecule has 1 fully saturated rings. The Hall–Kier alpha value is -1.01. The highest BCUT2D eigenvalue weighted by molar-refractivity contribution is 7.99. The van der Waals surface area contributed by atoms with Gasteiger partial charge in [-0.3, -0.25) is 9.59 Å². The maximum Gasteiger partial charge on any atom is 0.244 e. The molecule has 21 heavy (non-hydrogen) atoms. The van der Waals surface area contributed by atoms with Gasteiger partial charge in [0.25, 0.3) is 0 Å². The van der Waals surface area contributed by atoms with E-state index in [0.717, 1.165) is 29.5 Å². The van der Waals surface area contributed by atoms with Crippen molar-refractivity contribution in [1.29, 1.82) is 0 Å². The summed E-state index contributed by atoms with van der Waals surface area (Å²) in [4.78, 5) is 27.7. The number of carbonyl (C=O) groups excluding carboxylic acids is 2. The topological polar surface area (TPSA) is 49.4 Å². The smallest absolute Gasteiger partial charge is 0.244 e. The molecular weight excluding hydrogens is 304 g/mol. The predicted molar refractivity (Wildman–Crippen MR) is 88.9 cm³/mol. The van der Waals surface area contributed by atoms with E-state index in [0.29, 0.717) is 0 Å². The SMILES string of the molecule is C[C@H](NC(=O)C(C)(C)c1cccs1)C(=O)N1CCSCC1. The van der Waals surface area contributed by atoms with Gasteiger partial charge in [-0.2, -0.15) is 11.8 Å². The molecule has 0 aliphatic carbocycles. The summed E-state index contributed by atoms with van der Waals surface area (Å²) in [6.07, 6.45) is 0. The number of thiophene rings is 1. The van der Waals surface area contributed by atoms with Crippen LogP contribution in [-0.4, -0.2) is 47.4 Å². The average molecular weight is 326 g/mol. The Morgan fingerprint density at radius 2 is 2.00 bits per heavy atom. The Bertz CT molecular complexity index is 494. The van der Waals surface area contributed by atoms with Crippen LogP contribution in [0.4, 0.5) is 0 Å². The number of rotatable bonds is 4. The van der Waals surface area contributed by atoms with Gasteiger partial charge in [-0.05, 0) is 32.2 Å². The van der Waals surface area contributed by atoms with Crippen molar-refractivity contribution in [2.75, 3.05) is 24.6 Å². The van der Waals surface area contributed by atoms with Gasteiger partial charge < -0.3 is 10.2 Å². The number of carbonyl (C=O) groups is 2. The van der Waals surface area contributed by atoms with E-state index in [4.69, 9.17) is 0 Å². The van der Waals surface area contributed by atoms with Gasteiger partial charge in [-0.25, -0.2) is 0 Å². The zero-order valence-electron chi connectivity index (χ0n) is 12.7. The molecule has 2 amide bonds. The maximum atomic E-state index is 12.5. The van der Waals surface area contributed by atoms with E-state index >= 15 is 0 Å². The van der Waals surface area contributed by atoms with Gasteiger partial charge in [-0.1, -0.05) is 6.07 Å². The van der Waals surface area contributed by atoms with Crippen LogP contribution < -0.4 is 5.32 Å². The average Bonchev–Trinajstić information content (AvgIpc) is 3.02. The molecule has 0 unspecified atom stereocenters. The molecule has 1 aliphatic rings. The first-order chi connectivity index (χ1) is 9.93. The predicted octanol–water partition coefficient (Wildman–Crippen LogP) is 2.11. The Morgan fingerprint density at radius 1 is 1.33 bits per heavy atom. The summed E-state index contributed by atoms with van der Waals surface area (Å²) in [7, 11) is 0. The van der Waals surface area contributed by atoms with Gasteiger partial charge in [0.15, 0.2) is 0 Å². The van der Waals surface area contributed by atoms with Crippen molar-refractivity contribution in [2.45, 2.75) is 32.2 Å². The molecule has 4 nitrogen and oxygen atoms in total. The molecule has 1 N–H and O–H groups in total. The van der Waals surface area contributed by atoms with Crippen LogP contribution in [0.2, 0.25) is 0 Å². The molecule has 0 bridgehead atoms. The molecular formula is C15H22N2O2S2. The molecule has 2 rings (SSSR count). The van der Waals surface area contributed by atoms with Gasteiger partial charge >= 0.3 is 0 Å². The van der Waals surface area contributed by atoms with Gasteiger partial charge in [0.2, 0.25) is 11.8 Å². The fourth-order valence-electron chi connectivity index (χ4n) is 2.24. The Morgan fingerprint density at radius 3 is 2.57 bits per heavy atom. The second kappa shape index (κ2) is 6.83. The second-order valence-electron chi connectivity index (χ2n) is 5.74. The largest absolute Gasteiger partial charge is 0.344 e. The Kier molecular flexibility index (Phi) is 5.32. The first-order valence-electron chi connectivity index (χ1n) is 7.14. The summed E-state index contributed by atoms with van der Waals surface area (Å²) in [5.41, 5.74) is -0.611. The standard InChI is InChI=1S/C15H22N2O2S2/c1-11(13(18)17-6-9-20-10-7-17)16-14(19)15(2,3)12-5-4-8-21-12/h4-5,8,11H,6-7,9-10H2,1-3H3,(H,16,19)/t11-/m0/s1. The minimum Gasteiger partial charge on any atom is -0.344 e. The lowest BCUT2D eigenvalue weighted by Gasteiger charge is -2.31. The van der Waals surface area contributed by atoms with Crippen molar-refractivity contribution >= 4 is 34.9 Å². The van der Waals surface area contributed by atoms with Gasteiger partial charge in [0.1, 0.15) is 6.04 Å². The second-order valence-corrected chi connectivity index (χ2v) is 7.91. The summed E-state index contributed by atoms with van der Waals surface area (Å²) in [5, 5.41) is 4.84. The zero-order valence-corrected chi connectivity index (χ0v) is 14.4. The van der Waals surface area contributed by atoms with Crippen molar-refractivity contribution in [1.82, 2.24) is 10.2 Å². The minimum absolute atomic E-state index is 0.0191. The summed E-state index contributed by atoms with van der Waals surface area (Å²) >= 11 is 3.43. The highest BCUT2D eigenvalue weighted by atomic mass is 32.2. The lowest BCUT2D eigenvalue weighted by Crippen LogP contribution is -2.52. The highest BCUT2D eigenvalue weighted by Gasteiger charge is 2.33. The monoisotopic (exact) mass is 326 g/mol. The van der Waals surface area contributed by atoms with Gasteiger partial charge in [0.05, 0.1) is 5.41 Å². The van der Waals surface area contributed by atoms with E-state index < -0.39 is 11.5 Å². The summed E-state index contributed by atoms with van der Waals surface area (Å²) in [6, 6.07) is 3.42. The lowest BCUT2D eigenvalue weighted by molar-refractivity contribution is -0.136. The number of nitrogens with zero attached hydrogens (tertiary/aromatic N) is 1. The van der Waals surface area contributed by atoms with Crippen molar-refractivity contribution in [2.24, 2.45) is 0 Å². The number of amides is 2. The molecule has 1 saturated heterocycles. The van der Waals surface area contributed by atoms with E-state index in [2.05, 4.69) is 5.32 Å². The van der Waals surface area contributed by atoms with Crippen molar-refractivity contribution in [3.63, 3.8) is 0 Å². The van der Waals surface area contributed by atoms with Crippen LogP contribution in [0.25, 0.3) is 0 Å². The number of thioether (sulfide) groups is 1. The minimum atomic E-state index is -0.611. The third kappa shape index (κ3) is 3.80. The number of nitrogens with one attached hydrogen (secondary N) is 1. The fourth-order valence-corrected chi connectivity index (χ4v) is 3.99. The summed E-state index contributed by atoms with van der Waals surface area (Å²) in [5.74, 6) is 1.88. The Balaban J connectivity index is 1.96. The van der Waals surface area contributed by atoms with E-state index in [-0.39, 0.29) is 11.8 Å². The number of hydrogen-bond acceptors (Lipinski definition) is 4. The molecule has 6 heteroatoms. The van der Waals surface area contributed by atoms with Crippen LogP contribution in [0.3, 0.4) is 0 Å². The third-order valence-electron chi connectivity index (χ3n) is 3.75. The molecule has 0 saturated carbocycles. The molecule has 116 valence electrons. The molecule has 1 atom stereocenters. The molecule has 1 aromatic rings. The maximum absolute atomic E-state index is 12.5. The van der Waals surface area contributed by atoms with Gasteiger partial charge in [0, 0.05) is 29.5 Å². The molecule has 1 aromatic heterocycles. The van der Waals surface area contributed by atoms with Crippen LogP contribution >= 0.6 is 23.1 Å². The first kappa shape index (κ1) is 16.4. The van der Waals surface area contributed by atoms with Gasteiger partial charge in [-0.15, -0.1) is 11.3 Å². The van der Waals surface area contributed by atoms with E-state index in [1.54, 1.807) is 18.3 Å². The molecule has 0 radical (unpaired) electrons. The van der Waals surface area contributed by atoms with Crippen LogP contribution in [-0.2, 0) is 15.0 Å². The van der Waals surface area contributed by atoms with E-state index in [1.807, 2.05) is 48.0 Å². The van der Waals surface area contributed by atoms with E-state index in [9.17, 15) is 9.59 Å². The molecule has 0 aromatic carbocycles. The van der Waals surface area contributed by atoms with Crippen molar-refractivity contribution < 1.29 is 9.59 Å². The zero-order chi connectivity index (χ0) is 15.5. The van der Waals surface area contributed by atoms with E-state index in [1.165, 1.54) is 0 Å². The lowest BCUT2D eigenvalue weighted by atomic mass is 9.90. The highest BCUT2D eigenvalue weighted by Crippen LogP contribution is 2.27.